The van der Waals surface area contributed by atoms with Crippen LogP contribution in [0.25, 0.3) is 0 Å². The Hall–Kier alpha value is -1.88. The van der Waals surface area contributed by atoms with Gasteiger partial charge < -0.3 is 10.2 Å². The number of benzene rings is 1. The summed E-state index contributed by atoms with van der Waals surface area (Å²) in [5, 5.41) is 19.0. The van der Waals surface area contributed by atoms with E-state index in [0.717, 1.165) is 16.9 Å². The zero-order valence-corrected chi connectivity index (χ0v) is 9.07. The van der Waals surface area contributed by atoms with Gasteiger partial charge in [0.05, 0.1) is 11.2 Å². The van der Waals surface area contributed by atoms with Crippen LogP contribution in [-0.4, -0.2) is 21.2 Å². The van der Waals surface area contributed by atoms with E-state index in [1.54, 1.807) is 18.2 Å². The fourth-order valence-corrected chi connectivity index (χ4v) is 2.09. The van der Waals surface area contributed by atoms with Crippen LogP contribution in [0.3, 0.4) is 0 Å². The average molecular weight is 235 g/mol. The van der Waals surface area contributed by atoms with E-state index >= 15 is 0 Å². The van der Waals surface area contributed by atoms with E-state index in [4.69, 9.17) is 5.11 Å². The van der Waals surface area contributed by atoms with Crippen LogP contribution >= 0.6 is 11.3 Å². The maximum absolute atomic E-state index is 10.7. The summed E-state index contributed by atoms with van der Waals surface area (Å²) >= 11 is 1.12. The predicted octanol–water partition coefficient (Wildman–Crippen LogP) is 2.14. The summed E-state index contributed by atoms with van der Waals surface area (Å²) in [4.78, 5) is 14.9. The lowest BCUT2D eigenvalue weighted by Crippen LogP contribution is -1.89. The minimum atomic E-state index is -0.971. The number of thiazole rings is 1. The van der Waals surface area contributed by atoms with Gasteiger partial charge in [-0.3, -0.25) is 0 Å². The maximum Gasteiger partial charge on any atom is 0.347 e. The van der Waals surface area contributed by atoms with Crippen LogP contribution in [0.2, 0.25) is 0 Å². The van der Waals surface area contributed by atoms with Gasteiger partial charge in [0.1, 0.15) is 10.6 Å². The van der Waals surface area contributed by atoms with Gasteiger partial charge in [-0.2, -0.15) is 0 Å². The minimum absolute atomic E-state index is 0.203. The lowest BCUT2D eigenvalue weighted by atomic mass is 10.1. The number of carbonyl (C=O) groups is 1. The van der Waals surface area contributed by atoms with E-state index in [9.17, 15) is 9.90 Å². The molecule has 2 aromatic rings. The molecule has 1 heterocycles. The van der Waals surface area contributed by atoms with E-state index < -0.39 is 5.97 Å². The lowest BCUT2D eigenvalue weighted by Gasteiger charge is -2.00. The molecule has 0 unspecified atom stereocenters. The zero-order chi connectivity index (χ0) is 11.5. The Morgan fingerprint density at radius 2 is 2.12 bits per heavy atom. The van der Waals surface area contributed by atoms with Gasteiger partial charge in [0.15, 0.2) is 0 Å². The summed E-state index contributed by atoms with van der Waals surface area (Å²) in [7, 11) is 0. The van der Waals surface area contributed by atoms with Crippen LogP contribution in [0.5, 0.6) is 5.75 Å². The molecule has 0 saturated heterocycles. The van der Waals surface area contributed by atoms with Crippen molar-refractivity contribution in [3.8, 4) is 5.75 Å². The molecular formula is C11H9NO3S. The fraction of sp³-hybridized carbons (Fsp3) is 0.0909. The Kier molecular flexibility index (Phi) is 2.87. The highest BCUT2D eigenvalue weighted by Crippen LogP contribution is 2.22. The topological polar surface area (TPSA) is 70.4 Å². The normalized spacial score (nSPS) is 10.2. The largest absolute Gasteiger partial charge is 0.508 e. The quantitative estimate of drug-likeness (QED) is 0.855. The van der Waals surface area contributed by atoms with Gasteiger partial charge in [-0.05, 0) is 6.07 Å². The molecule has 2 N–H and O–H groups in total. The van der Waals surface area contributed by atoms with Crippen molar-refractivity contribution in [3.63, 3.8) is 0 Å². The smallest absolute Gasteiger partial charge is 0.347 e. The van der Waals surface area contributed by atoms with Crippen LogP contribution in [-0.2, 0) is 6.42 Å². The Labute approximate surface area is 95.8 Å². The molecule has 5 heteroatoms. The number of hydrogen-bond acceptors (Lipinski definition) is 4. The van der Waals surface area contributed by atoms with Crippen molar-refractivity contribution in [2.75, 3.05) is 0 Å². The first-order valence-corrected chi connectivity index (χ1v) is 5.43. The van der Waals surface area contributed by atoms with E-state index in [1.807, 2.05) is 6.07 Å². The van der Waals surface area contributed by atoms with Crippen molar-refractivity contribution in [2.24, 2.45) is 0 Å². The molecule has 0 bridgehead atoms. The van der Waals surface area contributed by atoms with E-state index in [2.05, 4.69) is 4.98 Å². The average Bonchev–Trinajstić information content (AvgIpc) is 2.70. The standard InChI is InChI=1S/C11H9NO3S/c13-8-4-2-1-3-7(8)5-10-12-6-9(16-10)11(14)15/h1-4,6,13H,5H2,(H,14,15). The molecular weight excluding hydrogens is 226 g/mol. The second-order valence-electron chi connectivity index (χ2n) is 3.23. The Morgan fingerprint density at radius 1 is 1.38 bits per heavy atom. The number of aromatic nitrogens is 1. The van der Waals surface area contributed by atoms with Gasteiger partial charge in [-0.25, -0.2) is 9.78 Å². The summed E-state index contributed by atoms with van der Waals surface area (Å²) in [5.41, 5.74) is 0.744. The third-order valence-corrected chi connectivity index (χ3v) is 3.08. The van der Waals surface area contributed by atoms with Crippen LogP contribution < -0.4 is 0 Å². The number of aromatic carboxylic acids is 1. The molecule has 16 heavy (non-hydrogen) atoms. The van der Waals surface area contributed by atoms with Gasteiger partial charge >= 0.3 is 5.97 Å². The van der Waals surface area contributed by atoms with Gasteiger partial charge in [-0.15, -0.1) is 11.3 Å². The number of nitrogens with zero attached hydrogens (tertiary/aromatic N) is 1. The maximum atomic E-state index is 10.7. The number of aromatic hydroxyl groups is 1. The summed E-state index contributed by atoms with van der Waals surface area (Å²) in [6.07, 6.45) is 1.78. The fourth-order valence-electron chi connectivity index (χ4n) is 1.31. The third kappa shape index (κ3) is 2.20. The van der Waals surface area contributed by atoms with Gasteiger partial charge in [0.25, 0.3) is 0 Å². The van der Waals surface area contributed by atoms with E-state index in [-0.39, 0.29) is 10.6 Å². The Morgan fingerprint density at radius 3 is 2.75 bits per heavy atom. The van der Waals surface area contributed by atoms with Crippen molar-refractivity contribution in [3.05, 3.63) is 45.9 Å². The first kappa shape index (κ1) is 10.6. The number of carboxylic acids is 1. The van der Waals surface area contributed by atoms with Crippen molar-refractivity contribution < 1.29 is 15.0 Å². The first-order chi connectivity index (χ1) is 7.66. The zero-order valence-electron chi connectivity index (χ0n) is 8.25. The SMILES string of the molecule is O=C(O)c1cnc(Cc2ccccc2O)s1. The van der Waals surface area contributed by atoms with Crippen LogP contribution in [0, 0.1) is 0 Å². The molecule has 82 valence electrons. The summed E-state index contributed by atoms with van der Waals surface area (Å²) in [6, 6.07) is 6.95. The third-order valence-electron chi connectivity index (χ3n) is 2.10. The number of phenols is 1. The highest BCUT2D eigenvalue weighted by atomic mass is 32.1. The van der Waals surface area contributed by atoms with Crippen molar-refractivity contribution in [1.29, 1.82) is 0 Å². The van der Waals surface area contributed by atoms with Crippen LogP contribution in [0.15, 0.2) is 30.5 Å². The molecule has 0 saturated carbocycles. The highest BCUT2D eigenvalue weighted by Gasteiger charge is 2.10. The van der Waals surface area contributed by atoms with Crippen molar-refractivity contribution in [1.82, 2.24) is 4.98 Å². The molecule has 0 spiro atoms. The second-order valence-corrected chi connectivity index (χ2v) is 4.34. The van der Waals surface area contributed by atoms with Crippen molar-refractivity contribution >= 4 is 17.3 Å². The number of para-hydroxylation sites is 1. The second kappa shape index (κ2) is 4.32. The molecule has 0 fully saturated rings. The number of rotatable bonds is 3. The summed E-state index contributed by atoms with van der Waals surface area (Å²) in [6.45, 7) is 0. The van der Waals surface area contributed by atoms with Crippen LogP contribution in [0.1, 0.15) is 20.2 Å². The first-order valence-electron chi connectivity index (χ1n) is 4.61. The van der Waals surface area contributed by atoms with Gasteiger partial charge in [-0.1, -0.05) is 18.2 Å². The predicted molar refractivity (Wildman–Crippen MR) is 60.0 cm³/mol. The van der Waals surface area contributed by atoms with Crippen LogP contribution in [0.4, 0.5) is 0 Å². The molecule has 0 aliphatic heterocycles. The van der Waals surface area contributed by atoms with E-state index in [0.29, 0.717) is 11.4 Å². The summed E-state index contributed by atoms with van der Waals surface area (Å²) in [5.74, 6) is -0.768. The number of phenolic OH excluding ortho intramolecular Hbond substituents is 1. The molecule has 0 amide bonds. The molecule has 4 nitrogen and oxygen atoms in total. The minimum Gasteiger partial charge on any atom is -0.508 e. The molecule has 0 aliphatic carbocycles. The van der Waals surface area contributed by atoms with Crippen molar-refractivity contribution in [2.45, 2.75) is 6.42 Å². The lowest BCUT2D eigenvalue weighted by molar-refractivity contribution is 0.0702. The molecule has 2 rings (SSSR count). The molecule has 0 radical (unpaired) electrons. The van der Waals surface area contributed by atoms with E-state index in [1.165, 1.54) is 6.20 Å². The highest BCUT2D eigenvalue weighted by molar-refractivity contribution is 7.13. The molecule has 1 aromatic carbocycles. The monoisotopic (exact) mass is 235 g/mol. The number of carboxylic acid groups (broad SMARTS) is 1. The van der Waals surface area contributed by atoms with Gasteiger partial charge in [0, 0.05) is 12.0 Å². The molecule has 0 atom stereocenters. The Balaban J connectivity index is 2.21. The van der Waals surface area contributed by atoms with Gasteiger partial charge in [0.2, 0.25) is 0 Å². The molecule has 0 aliphatic rings. The number of hydrogen-bond donors (Lipinski definition) is 2. The Bertz CT molecular complexity index is 521. The molecule has 1 aromatic heterocycles. The summed E-state index contributed by atoms with van der Waals surface area (Å²) < 4.78 is 0.